The second-order valence-electron chi connectivity index (χ2n) is 5.75. The maximum atomic E-state index is 13.5. The van der Waals surface area contributed by atoms with E-state index in [4.69, 9.17) is 0 Å². The van der Waals surface area contributed by atoms with Crippen LogP contribution in [0.15, 0.2) is 48.5 Å². The van der Waals surface area contributed by atoms with Gasteiger partial charge in [0.15, 0.2) is 0 Å². The predicted molar refractivity (Wildman–Crippen MR) is 93.7 cm³/mol. The van der Waals surface area contributed by atoms with Crippen LogP contribution in [0.1, 0.15) is 23.5 Å². The number of carbonyl (C=O) groups is 2. The minimum absolute atomic E-state index is 0.0235. The minimum Gasteiger partial charge on any atom is -0.396 e. The molecule has 6 heteroatoms. The summed E-state index contributed by atoms with van der Waals surface area (Å²) in [6.07, 6.45) is 0.467. The van der Waals surface area contributed by atoms with E-state index < -0.39 is 17.6 Å². The summed E-state index contributed by atoms with van der Waals surface area (Å²) in [5, 5.41) is 14.1. The molecule has 132 valence electrons. The number of aliphatic hydroxyl groups excluding tert-OH is 1. The van der Waals surface area contributed by atoms with Gasteiger partial charge in [-0.3, -0.25) is 9.59 Å². The van der Waals surface area contributed by atoms with Crippen molar-refractivity contribution >= 4 is 17.5 Å². The molecule has 0 aliphatic carbocycles. The molecule has 0 aromatic heterocycles. The Balaban J connectivity index is 1.93. The van der Waals surface area contributed by atoms with Crippen molar-refractivity contribution in [3.8, 4) is 0 Å². The average molecular weight is 344 g/mol. The van der Waals surface area contributed by atoms with Gasteiger partial charge in [-0.15, -0.1) is 0 Å². The summed E-state index contributed by atoms with van der Waals surface area (Å²) < 4.78 is 13.5. The molecule has 0 fully saturated rings. The second-order valence-corrected chi connectivity index (χ2v) is 5.75. The summed E-state index contributed by atoms with van der Waals surface area (Å²) in [5.74, 6) is -2.22. The normalized spacial score (nSPS) is 11.6. The van der Waals surface area contributed by atoms with Crippen molar-refractivity contribution in [3.05, 3.63) is 65.5 Å². The molecule has 25 heavy (non-hydrogen) atoms. The molecular formula is C19H21FN2O3. The maximum Gasteiger partial charge on any atom is 0.313 e. The lowest BCUT2D eigenvalue weighted by atomic mass is 9.96. The van der Waals surface area contributed by atoms with E-state index in [1.165, 1.54) is 18.2 Å². The van der Waals surface area contributed by atoms with E-state index in [1.54, 1.807) is 6.92 Å². The Morgan fingerprint density at radius 2 is 1.84 bits per heavy atom. The maximum absolute atomic E-state index is 13.5. The topological polar surface area (TPSA) is 78.4 Å². The van der Waals surface area contributed by atoms with Crippen molar-refractivity contribution in [1.82, 2.24) is 5.32 Å². The second kappa shape index (κ2) is 8.94. The standard InChI is InChI=1S/C19H21FN2O3/c1-13-7-8-16(11-17(13)20)22-19(25)18(24)21-12-15(9-10-23)14-5-3-2-4-6-14/h2-8,11,15,23H,9-10,12H2,1H3,(H,21,24)(H,22,25). The van der Waals surface area contributed by atoms with Crippen LogP contribution in [0.4, 0.5) is 10.1 Å². The van der Waals surface area contributed by atoms with Gasteiger partial charge in [0.25, 0.3) is 0 Å². The number of halogens is 1. The van der Waals surface area contributed by atoms with Crippen LogP contribution in [-0.2, 0) is 9.59 Å². The van der Waals surface area contributed by atoms with E-state index in [1.807, 2.05) is 30.3 Å². The van der Waals surface area contributed by atoms with Gasteiger partial charge in [-0.05, 0) is 36.6 Å². The number of nitrogens with one attached hydrogen (secondary N) is 2. The van der Waals surface area contributed by atoms with Crippen LogP contribution in [0.2, 0.25) is 0 Å². The highest BCUT2D eigenvalue weighted by molar-refractivity contribution is 6.39. The molecule has 3 N–H and O–H groups in total. The number of aliphatic hydroxyl groups is 1. The van der Waals surface area contributed by atoms with Crippen molar-refractivity contribution in [2.75, 3.05) is 18.5 Å². The highest BCUT2D eigenvalue weighted by Gasteiger charge is 2.17. The number of hydrogen-bond acceptors (Lipinski definition) is 3. The highest BCUT2D eigenvalue weighted by Crippen LogP contribution is 2.18. The number of anilines is 1. The highest BCUT2D eigenvalue weighted by atomic mass is 19.1. The van der Waals surface area contributed by atoms with E-state index in [-0.39, 0.29) is 24.8 Å². The molecule has 5 nitrogen and oxygen atoms in total. The van der Waals surface area contributed by atoms with Gasteiger partial charge in [-0.1, -0.05) is 36.4 Å². The van der Waals surface area contributed by atoms with Crippen LogP contribution in [-0.4, -0.2) is 30.1 Å². The Labute approximate surface area is 145 Å². The van der Waals surface area contributed by atoms with Gasteiger partial charge in [0.1, 0.15) is 5.82 Å². The zero-order chi connectivity index (χ0) is 18.2. The Bertz CT molecular complexity index is 735. The van der Waals surface area contributed by atoms with E-state index in [0.29, 0.717) is 12.0 Å². The first-order chi connectivity index (χ1) is 12.0. The number of hydrogen-bond donors (Lipinski definition) is 3. The molecule has 0 spiro atoms. The van der Waals surface area contributed by atoms with Gasteiger partial charge in [-0.25, -0.2) is 4.39 Å². The quantitative estimate of drug-likeness (QED) is 0.704. The van der Waals surface area contributed by atoms with Crippen molar-refractivity contribution < 1.29 is 19.1 Å². The zero-order valence-corrected chi connectivity index (χ0v) is 14.0. The molecule has 2 amide bonds. The summed E-state index contributed by atoms with van der Waals surface area (Å²) in [6.45, 7) is 1.81. The first-order valence-electron chi connectivity index (χ1n) is 8.02. The lowest BCUT2D eigenvalue weighted by Crippen LogP contribution is -2.37. The van der Waals surface area contributed by atoms with Gasteiger partial charge in [0, 0.05) is 24.8 Å². The van der Waals surface area contributed by atoms with Crippen LogP contribution in [0.5, 0.6) is 0 Å². The first-order valence-corrected chi connectivity index (χ1v) is 8.02. The van der Waals surface area contributed by atoms with Gasteiger partial charge in [0.2, 0.25) is 0 Å². The molecule has 0 saturated carbocycles. The third-order valence-electron chi connectivity index (χ3n) is 3.89. The summed E-state index contributed by atoms with van der Waals surface area (Å²) in [4.78, 5) is 23.9. The minimum atomic E-state index is -0.862. The van der Waals surface area contributed by atoms with Crippen LogP contribution in [0.25, 0.3) is 0 Å². The number of carbonyl (C=O) groups excluding carboxylic acids is 2. The molecule has 1 unspecified atom stereocenters. The summed E-state index contributed by atoms with van der Waals surface area (Å²) in [6, 6.07) is 13.7. The van der Waals surface area contributed by atoms with Crippen molar-refractivity contribution in [2.45, 2.75) is 19.3 Å². The van der Waals surface area contributed by atoms with Crippen LogP contribution in [0.3, 0.4) is 0 Å². The SMILES string of the molecule is Cc1ccc(NC(=O)C(=O)NCC(CCO)c2ccccc2)cc1F. The predicted octanol–water partition coefficient (Wildman–Crippen LogP) is 2.36. The largest absolute Gasteiger partial charge is 0.396 e. The third-order valence-corrected chi connectivity index (χ3v) is 3.89. The van der Waals surface area contributed by atoms with Gasteiger partial charge in [0.05, 0.1) is 0 Å². The van der Waals surface area contributed by atoms with Gasteiger partial charge >= 0.3 is 11.8 Å². The van der Waals surface area contributed by atoms with Crippen molar-refractivity contribution in [1.29, 1.82) is 0 Å². The molecule has 2 aromatic rings. The molecule has 0 heterocycles. The van der Waals surface area contributed by atoms with Gasteiger partial charge in [-0.2, -0.15) is 0 Å². The third kappa shape index (κ3) is 5.39. The Morgan fingerprint density at radius 1 is 1.12 bits per heavy atom. The molecule has 2 rings (SSSR count). The van der Waals surface area contributed by atoms with Crippen LogP contribution < -0.4 is 10.6 Å². The van der Waals surface area contributed by atoms with E-state index in [2.05, 4.69) is 10.6 Å². The Hall–Kier alpha value is -2.73. The van der Waals surface area contributed by atoms with Crippen molar-refractivity contribution in [2.24, 2.45) is 0 Å². The fraction of sp³-hybridized carbons (Fsp3) is 0.263. The number of aryl methyl sites for hydroxylation is 1. The fourth-order valence-electron chi connectivity index (χ4n) is 2.42. The van der Waals surface area contributed by atoms with E-state index >= 15 is 0 Å². The number of amides is 2. The average Bonchev–Trinajstić information content (AvgIpc) is 2.62. The molecule has 0 radical (unpaired) electrons. The monoisotopic (exact) mass is 344 g/mol. The van der Waals surface area contributed by atoms with Crippen LogP contribution in [0, 0.1) is 12.7 Å². The van der Waals surface area contributed by atoms with E-state index in [9.17, 15) is 19.1 Å². The molecule has 0 saturated heterocycles. The molecule has 2 aromatic carbocycles. The first kappa shape index (κ1) is 18.6. The van der Waals surface area contributed by atoms with Crippen molar-refractivity contribution in [3.63, 3.8) is 0 Å². The summed E-state index contributed by atoms with van der Waals surface area (Å²) >= 11 is 0. The molecule has 0 aliphatic heterocycles. The number of rotatable bonds is 6. The molecule has 0 bridgehead atoms. The Kier molecular flexibility index (Phi) is 6.65. The smallest absolute Gasteiger partial charge is 0.313 e. The van der Waals surface area contributed by atoms with E-state index in [0.717, 1.165) is 5.56 Å². The molecule has 1 atom stereocenters. The fourth-order valence-corrected chi connectivity index (χ4v) is 2.42. The number of benzene rings is 2. The lowest BCUT2D eigenvalue weighted by Gasteiger charge is -2.17. The summed E-state index contributed by atoms with van der Waals surface area (Å²) in [7, 11) is 0. The van der Waals surface area contributed by atoms with Crippen LogP contribution >= 0.6 is 0 Å². The Morgan fingerprint density at radius 3 is 2.48 bits per heavy atom. The molecule has 0 aliphatic rings. The zero-order valence-electron chi connectivity index (χ0n) is 14.0. The summed E-state index contributed by atoms with van der Waals surface area (Å²) in [5.41, 5.74) is 1.65. The van der Waals surface area contributed by atoms with Gasteiger partial charge < -0.3 is 15.7 Å². The lowest BCUT2D eigenvalue weighted by molar-refractivity contribution is -0.136. The molecular weight excluding hydrogens is 323 g/mol.